The van der Waals surface area contributed by atoms with Gasteiger partial charge in [-0.1, -0.05) is 6.08 Å². The molecule has 2 N–H and O–H groups in total. The molecule has 0 spiro atoms. The summed E-state index contributed by atoms with van der Waals surface area (Å²) in [6.07, 6.45) is 2.45. The molecule has 1 saturated heterocycles. The highest BCUT2D eigenvalue weighted by atomic mass is 32.2. The molecule has 1 aliphatic rings. The normalized spacial score (nSPS) is 23.2. The second-order valence-electron chi connectivity index (χ2n) is 3.28. The number of hydrogen-bond donors (Lipinski definition) is 2. The van der Waals surface area contributed by atoms with E-state index in [0.29, 0.717) is 12.5 Å². The van der Waals surface area contributed by atoms with Crippen LogP contribution in [-0.2, 0) is 10.0 Å². The molecule has 0 aromatic rings. The van der Waals surface area contributed by atoms with E-state index in [1.807, 2.05) is 0 Å². The minimum atomic E-state index is -3.11. The Bertz CT molecular complexity index is 255. The van der Waals surface area contributed by atoms with Gasteiger partial charge in [0, 0.05) is 6.54 Å². The Hall–Kier alpha value is -0.390. The molecular formula is C8H16N2O2S. The highest BCUT2D eigenvalue weighted by Crippen LogP contribution is 2.05. The average Bonchev–Trinajstić information content (AvgIpc) is 2.52. The van der Waals surface area contributed by atoms with E-state index in [-0.39, 0.29) is 5.75 Å². The molecule has 0 aromatic carbocycles. The average molecular weight is 204 g/mol. The third-order valence-corrected chi connectivity index (χ3v) is 3.37. The monoisotopic (exact) mass is 204 g/mol. The summed E-state index contributed by atoms with van der Waals surface area (Å²) in [5, 5.41) is 3.19. The molecule has 1 fully saturated rings. The molecule has 0 saturated carbocycles. The van der Waals surface area contributed by atoms with Crippen LogP contribution in [0.5, 0.6) is 0 Å². The zero-order valence-electron chi connectivity index (χ0n) is 7.62. The Labute approximate surface area is 79.5 Å². The summed E-state index contributed by atoms with van der Waals surface area (Å²) in [7, 11) is -3.11. The molecule has 1 unspecified atom stereocenters. The molecule has 4 nitrogen and oxygen atoms in total. The highest BCUT2D eigenvalue weighted by Gasteiger charge is 2.16. The van der Waals surface area contributed by atoms with Crippen LogP contribution in [0.25, 0.3) is 0 Å². The van der Waals surface area contributed by atoms with Crippen molar-refractivity contribution >= 4 is 10.0 Å². The van der Waals surface area contributed by atoms with Crippen molar-refractivity contribution in [2.24, 2.45) is 5.92 Å². The third-order valence-electron chi connectivity index (χ3n) is 2.09. The van der Waals surface area contributed by atoms with Crippen LogP contribution in [0.15, 0.2) is 12.7 Å². The summed E-state index contributed by atoms with van der Waals surface area (Å²) in [5.41, 5.74) is 0. The Morgan fingerprint density at radius 2 is 2.38 bits per heavy atom. The van der Waals surface area contributed by atoms with E-state index in [9.17, 15) is 8.42 Å². The smallest absolute Gasteiger partial charge is 0.215 e. The standard InChI is InChI=1S/C8H16N2O2S/c1-2-5-13(11,12)10-7-8-3-4-9-6-8/h2,8-10H,1,3-7H2. The number of rotatable bonds is 5. The predicted molar refractivity (Wildman–Crippen MR) is 53.0 cm³/mol. The van der Waals surface area contributed by atoms with E-state index in [1.165, 1.54) is 6.08 Å². The molecule has 1 rings (SSSR count). The fourth-order valence-electron chi connectivity index (χ4n) is 1.35. The van der Waals surface area contributed by atoms with Gasteiger partial charge in [-0.05, 0) is 25.4 Å². The zero-order chi connectivity index (χ0) is 9.73. The zero-order valence-corrected chi connectivity index (χ0v) is 8.44. The Balaban J connectivity index is 2.28. The molecule has 1 atom stereocenters. The largest absolute Gasteiger partial charge is 0.316 e. The Morgan fingerprint density at radius 1 is 1.62 bits per heavy atom. The van der Waals surface area contributed by atoms with Crippen LogP contribution in [0.1, 0.15) is 6.42 Å². The maximum atomic E-state index is 11.2. The van der Waals surface area contributed by atoms with Gasteiger partial charge in [0.1, 0.15) is 0 Å². The van der Waals surface area contributed by atoms with Crippen LogP contribution in [0.2, 0.25) is 0 Å². The van der Waals surface area contributed by atoms with Crippen molar-refractivity contribution in [3.05, 3.63) is 12.7 Å². The van der Waals surface area contributed by atoms with Gasteiger partial charge >= 0.3 is 0 Å². The first-order valence-corrected chi connectivity index (χ1v) is 6.08. The molecular weight excluding hydrogens is 188 g/mol. The third kappa shape index (κ3) is 3.89. The van der Waals surface area contributed by atoms with Gasteiger partial charge < -0.3 is 5.32 Å². The van der Waals surface area contributed by atoms with Gasteiger partial charge in [-0.3, -0.25) is 0 Å². The summed E-state index contributed by atoms with van der Waals surface area (Å²) in [5.74, 6) is 0.451. The molecule has 1 aliphatic heterocycles. The molecule has 0 radical (unpaired) electrons. The van der Waals surface area contributed by atoms with Crippen LogP contribution in [0, 0.1) is 5.92 Å². The molecule has 76 valence electrons. The highest BCUT2D eigenvalue weighted by molar-refractivity contribution is 7.89. The molecule has 0 aromatic heterocycles. The molecule has 0 bridgehead atoms. The van der Waals surface area contributed by atoms with Gasteiger partial charge in [0.25, 0.3) is 0 Å². The van der Waals surface area contributed by atoms with Crippen LogP contribution < -0.4 is 10.0 Å². The Morgan fingerprint density at radius 3 is 2.92 bits per heavy atom. The predicted octanol–water partition coefficient (Wildman–Crippen LogP) is -0.299. The van der Waals surface area contributed by atoms with Gasteiger partial charge in [-0.25, -0.2) is 13.1 Å². The number of hydrogen-bond acceptors (Lipinski definition) is 3. The summed E-state index contributed by atoms with van der Waals surface area (Å²) < 4.78 is 24.9. The lowest BCUT2D eigenvalue weighted by atomic mass is 10.1. The van der Waals surface area contributed by atoms with Crippen molar-refractivity contribution in [1.29, 1.82) is 0 Å². The van der Waals surface area contributed by atoms with E-state index in [1.54, 1.807) is 0 Å². The van der Waals surface area contributed by atoms with Crippen molar-refractivity contribution < 1.29 is 8.42 Å². The van der Waals surface area contributed by atoms with Crippen molar-refractivity contribution in [2.45, 2.75) is 6.42 Å². The Kier molecular flexibility index (Phi) is 3.90. The lowest BCUT2D eigenvalue weighted by molar-refractivity contribution is 0.540. The second-order valence-corrected chi connectivity index (χ2v) is 5.13. The van der Waals surface area contributed by atoms with Gasteiger partial charge in [-0.2, -0.15) is 0 Å². The summed E-state index contributed by atoms with van der Waals surface area (Å²) >= 11 is 0. The van der Waals surface area contributed by atoms with Gasteiger partial charge in [0.2, 0.25) is 10.0 Å². The van der Waals surface area contributed by atoms with E-state index < -0.39 is 10.0 Å². The molecule has 0 amide bonds. The maximum absolute atomic E-state index is 11.2. The number of sulfonamides is 1. The fraction of sp³-hybridized carbons (Fsp3) is 0.750. The van der Waals surface area contributed by atoms with Gasteiger partial charge in [0.15, 0.2) is 0 Å². The fourth-order valence-corrected chi connectivity index (χ4v) is 2.27. The lowest BCUT2D eigenvalue weighted by Crippen LogP contribution is -2.31. The minimum Gasteiger partial charge on any atom is -0.316 e. The van der Waals surface area contributed by atoms with Crippen molar-refractivity contribution in [3.8, 4) is 0 Å². The van der Waals surface area contributed by atoms with Gasteiger partial charge in [-0.15, -0.1) is 6.58 Å². The van der Waals surface area contributed by atoms with E-state index >= 15 is 0 Å². The molecule has 0 aliphatic carbocycles. The topological polar surface area (TPSA) is 58.2 Å². The molecule has 1 heterocycles. The SMILES string of the molecule is C=CCS(=O)(=O)NCC1CCNC1. The summed E-state index contributed by atoms with van der Waals surface area (Å²) in [6.45, 7) is 5.85. The first-order valence-electron chi connectivity index (χ1n) is 4.43. The lowest BCUT2D eigenvalue weighted by Gasteiger charge is -2.09. The van der Waals surface area contributed by atoms with Crippen molar-refractivity contribution in [2.75, 3.05) is 25.4 Å². The van der Waals surface area contributed by atoms with E-state index in [2.05, 4.69) is 16.6 Å². The van der Waals surface area contributed by atoms with Crippen molar-refractivity contribution in [1.82, 2.24) is 10.0 Å². The molecule has 13 heavy (non-hydrogen) atoms. The first-order chi connectivity index (χ1) is 6.14. The van der Waals surface area contributed by atoms with E-state index in [4.69, 9.17) is 0 Å². The van der Waals surface area contributed by atoms with Crippen LogP contribution in [-0.4, -0.2) is 33.8 Å². The van der Waals surface area contributed by atoms with E-state index in [0.717, 1.165) is 19.5 Å². The van der Waals surface area contributed by atoms with Crippen molar-refractivity contribution in [3.63, 3.8) is 0 Å². The van der Waals surface area contributed by atoms with Crippen LogP contribution >= 0.6 is 0 Å². The van der Waals surface area contributed by atoms with Crippen LogP contribution in [0.4, 0.5) is 0 Å². The van der Waals surface area contributed by atoms with Gasteiger partial charge in [0.05, 0.1) is 5.75 Å². The molecule has 5 heteroatoms. The quantitative estimate of drug-likeness (QED) is 0.605. The summed E-state index contributed by atoms with van der Waals surface area (Å²) in [6, 6.07) is 0. The minimum absolute atomic E-state index is 0.00709. The first kappa shape index (κ1) is 10.7. The van der Waals surface area contributed by atoms with Crippen LogP contribution in [0.3, 0.4) is 0 Å². The maximum Gasteiger partial charge on any atom is 0.215 e. The number of nitrogens with one attached hydrogen (secondary N) is 2. The second kappa shape index (κ2) is 4.74. The summed E-state index contributed by atoms with van der Waals surface area (Å²) in [4.78, 5) is 0.